The molecule has 0 bridgehead atoms. The first kappa shape index (κ1) is 16.0. The van der Waals surface area contributed by atoms with E-state index in [4.69, 9.17) is 4.74 Å². The van der Waals surface area contributed by atoms with E-state index in [-0.39, 0.29) is 6.61 Å². The number of anilines is 1. The van der Waals surface area contributed by atoms with E-state index >= 15 is 0 Å². The summed E-state index contributed by atoms with van der Waals surface area (Å²) in [6.07, 6.45) is 2.84. The van der Waals surface area contributed by atoms with Gasteiger partial charge in [0.05, 0.1) is 13.2 Å². The van der Waals surface area contributed by atoms with Crippen LogP contribution in [0.4, 0.5) is 5.82 Å². The van der Waals surface area contributed by atoms with Crippen molar-refractivity contribution in [1.29, 1.82) is 0 Å². The summed E-state index contributed by atoms with van der Waals surface area (Å²) in [6.45, 7) is 0.632. The summed E-state index contributed by atoms with van der Waals surface area (Å²) in [5.41, 5.74) is 1.04. The Hall–Kier alpha value is -1.92. The third-order valence-corrected chi connectivity index (χ3v) is 6.69. The van der Waals surface area contributed by atoms with Gasteiger partial charge in [-0.15, -0.1) is 0 Å². The van der Waals surface area contributed by atoms with Gasteiger partial charge in [-0.25, -0.2) is 13.4 Å². The molecule has 0 unspecified atom stereocenters. The molecule has 1 aliphatic rings. The van der Waals surface area contributed by atoms with Crippen LogP contribution >= 0.6 is 0 Å². The number of aromatic nitrogens is 1. The molecule has 1 heterocycles. The van der Waals surface area contributed by atoms with Gasteiger partial charge in [0.1, 0.15) is 10.6 Å². The minimum Gasteiger partial charge on any atom is -0.375 e. The van der Waals surface area contributed by atoms with Crippen LogP contribution in [-0.4, -0.2) is 31.8 Å². The third-order valence-electron chi connectivity index (χ3n) is 4.16. The molecule has 0 N–H and O–H groups in total. The molecule has 0 aliphatic heterocycles. The molecule has 0 atom stereocenters. The second-order valence-corrected chi connectivity index (χ2v) is 8.19. The number of sulfonamides is 1. The number of pyridine rings is 1. The fraction of sp³-hybridized carbons (Fsp3) is 0.353. The topological polar surface area (TPSA) is 59.5 Å². The van der Waals surface area contributed by atoms with Gasteiger partial charge in [0.25, 0.3) is 0 Å². The van der Waals surface area contributed by atoms with Crippen molar-refractivity contribution in [2.75, 3.05) is 18.0 Å². The number of ether oxygens (including phenoxy) is 1. The zero-order chi connectivity index (χ0) is 16.3. The quantitative estimate of drug-likeness (QED) is 0.782. The van der Waals surface area contributed by atoms with Gasteiger partial charge in [0, 0.05) is 13.2 Å². The molecule has 2 aromatic rings. The Bertz CT molecular complexity index is 744. The lowest BCUT2D eigenvalue weighted by Gasteiger charge is -2.25. The Morgan fingerprint density at radius 1 is 1.13 bits per heavy atom. The highest BCUT2D eigenvalue weighted by Gasteiger charge is 2.57. The lowest BCUT2D eigenvalue weighted by molar-refractivity contribution is 0.116. The Balaban J connectivity index is 1.67. The van der Waals surface area contributed by atoms with Crippen molar-refractivity contribution in [3.05, 3.63) is 60.3 Å². The zero-order valence-corrected chi connectivity index (χ0v) is 13.9. The number of rotatable bonds is 7. The van der Waals surface area contributed by atoms with Gasteiger partial charge in [-0.1, -0.05) is 36.4 Å². The van der Waals surface area contributed by atoms with Gasteiger partial charge in [-0.2, -0.15) is 0 Å². The first-order valence-corrected chi connectivity index (χ1v) is 9.00. The fourth-order valence-electron chi connectivity index (χ4n) is 2.50. The number of benzene rings is 1. The molecule has 1 aliphatic carbocycles. The first-order chi connectivity index (χ1) is 11.1. The van der Waals surface area contributed by atoms with Crippen LogP contribution in [0.25, 0.3) is 0 Å². The predicted molar refractivity (Wildman–Crippen MR) is 89.6 cm³/mol. The standard InChI is InChI=1S/C17H20N2O3S/c1-19(16-9-5-6-12-18-16)23(20,21)17(10-11-17)14-22-13-15-7-3-2-4-8-15/h2-9,12H,10-11,13-14H2,1H3. The lowest BCUT2D eigenvalue weighted by atomic mass is 10.2. The molecule has 0 radical (unpaired) electrons. The van der Waals surface area contributed by atoms with Gasteiger partial charge in [-0.05, 0) is 30.5 Å². The van der Waals surface area contributed by atoms with Gasteiger partial charge in [-0.3, -0.25) is 4.31 Å². The monoisotopic (exact) mass is 332 g/mol. The maximum Gasteiger partial charge on any atom is 0.244 e. The Labute approximate surface area is 137 Å². The van der Waals surface area contributed by atoms with Crippen LogP contribution < -0.4 is 4.31 Å². The SMILES string of the molecule is CN(c1ccccn1)S(=O)(=O)C1(COCc2ccccc2)CC1. The number of nitrogens with zero attached hydrogens (tertiary/aromatic N) is 2. The van der Waals surface area contributed by atoms with E-state index in [1.54, 1.807) is 31.4 Å². The van der Waals surface area contributed by atoms with Crippen molar-refractivity contribution >= 4 is 15.8 Å². The first-order valence-electron chi connectivity index (χ1n) is 7.56. The molecule has 3 rings (SSSR count). The molecule has 5 nitrogen and oxygen atoms in total. The average molecular weight is 332 g/mol. The van der Waals surface area contributed by atoms with Crippen LogP contribution in [-0.2, 0) is 21.4 Å². The highest BCUT2D eigenvalue weighted by Crippen LogP contribution is 2.45. The second kappa shape index (κ2) is 6.29. The Morgan fingerprint density at radius 2 is 1.83 bits per heavy atom. The smallest absolute Gasteiger partial charge is 0.244 e. The Morgan fingerprint density at radius 3 is 2.43 bits per heavy atom. The molecular weight excluding hydrogens is 312 g/mol. The highest BCUT2D eigenvalue weighted by molar-refractivity contribution is 7.94. The van der Waals surface area contributed by atoms with E-state index in [1.165, 1.54) is 4.31 Å². The lowest BCUT2D eigenvalue weighted by Crippen LogP contribution is -2.41. The molecule has 1 aromatic heterocycles. The summed E-state index contributed by atoms with van der Waals surface area (Å²) in [6, 6.07) is 15.0. The molecule has 1 saturated carbocycles. The van der Waals surface area contributed by atoms with E-state index in [9.17, 15) is 8.42 Å². The molecule has 0 amide bonds. The minimum absolute atomic E-state index is 0.210. The van der Waals surface area contributed by atoms with E-state index in [0.717, 1.165) is 5.56 Å². The summed E-state index contributed by atoms with van der Waals surface area (Å²) in [5.74, 6) is 0.432. The van der Waals surface area contributed by atoms with Crippen LogP contribution in [0.5, 0.6) is 0 Å². The largest absolute Gasteiger partial charge is 0.375 e. The second-order valence-electron chi connectivity index (χ2n) is 5.82. The van der Waals surface area contributed by atoms with Crippen LogP contribution in [0, 0.1) is 0 Å². The average Bonchev–Trinajstić information content (AvgIpc) is 3.37. The molecule has 6 heteroatoms. The van der Waals surface area contributed by atoms with Crippen molar-refractivity contribution in [2.45, 2.75) is 24.2 Å². The minimum atomic E-state index is -3.49. The number of hydrogen-bond acceptors (Lipinski definition) is 4. The highest BCUT2D eigenvalue weighted by atomic mass is 32.2. The van der Waals surface area contributed by atoms with Crippen molar-refractivity contribution in [3.63, 3.8) is 0 Å². The maximum atomic E-state index is 12.9. The maximum absolute atomic E-state index is 12.9. The zero-order valence-electron chi connectivity index (χ0n) is 13.1. The summed E-state index contributed by atoms with van der Waals surface area (Å²) in [7, 11) is -1.94. The van der Waals surface area contributed by atoms with Crippen LogP contribution in [0.15, 0.2) is 54.7 Å². The van der Waals surface area contributed by atoms with E-state index < -0.39 is 14.8 Å². The van der Waals surface area contributed by atoms with Crippen molar-refractivity contribution in [3.8, 4) is 0 Å². The van der Waals surface area contributed by atoms with Crippen LogP contribution in [0.2, 0.25) is 0 Å². The predicted octanol–water partition coefficient (Wildman–Crippen LogP) is 2.60. The summed E-state index contributed by atoms with van der Waals surface area (Å²) >= 11 is 0. The molecule has 122 valence electrons. The summed E-state index contributed by atoms with van der Waals surface area (Å²) in [4.78, 5) is 4.12. The normalized spacial score (nSPS) is 16.0. The molecule has 1 aromatic carbocycles. The molecule has 1 fully saturated rings. The molecular formula is C17H20N2O3S. The van der Waals surface area contributed by atoms with Crippen LogP contribution in [0.3, 0.4) is 0 Å². The molecule has 0 saturated heterocycles. The molecule has 0 spiro atoms. The van der Waals surface area contributed by atoms with Crippen LogP contribution in [0.1, 0.15) is 18.4 Å². The van der Waals surface area contributed by atoms with Gasteiger partial charge < -0.3 is 4.74 Å². The van der Waals surface area contributed by atoms with Crippen molar-refractivity contribution < 1.29 is 13.2 Å². The number of hydrogen-bond donors (Lipinski definition) is 0. The molecule has 23 heavy (non-hydrogen) atoms. The summed E-state index contributed by atoms with van der Waals surface area (Å²) in [5, 5.41) is 0. The van der Waals surface area contributed by atoms with E-state index in [1.807, 2.05) is 30.3 Å². The van der Waals surface area contributed by atoms with E-state index in [2.05, 4.69) is 4.98 Å². The van der Waals surface area contributed by atoms with Gasteiger partial charge >= 0.3 is 0 Å². The van der Waals surface area contributed by atoms with E-state index in [0.29, 0.717) is 25.3 Å². The Kier molecular flexibility index (Phi) is 4.37. The van der Waals surface area contributed by atoms with Gasteiger partial charge in [0.2, 0.25) is 10.0 Å². The third kappa shape index (κ3) is 3.23. The fourth-order valence-corrected chi connectivity index (χ4v) is 4.28. The van der Waals surface area contributed by atoms with Gasteiger partial charge in [0.15, 0.2) is 0 Å². The summed E-state index contributed by atoms with van der Waals surface area (Å²) < 4.78 is 31.9. The van der Waals surface area contributed by atoms with Crippen molar-refractivity contribution in [1.82, 2.24) is 4.98 Å². The van der Waals surface area contributed by atoms with Crippen molar-refractivity contribution in [2.24, 2.45) is 0 Å².